The van der Waals surface area contributed by atoms with Gasteiger partial charge in [0.1, 0.15) is 12.2 Å². The van der Waals surface area contributed by atoms with Gasteiger partial charge in [0.2, 0.25) is 5.72 Å². The zero-order chi connectivity index (χ0) is 26.3. The Kier molecular flexibility index (Phi) is 8.34. The molecule has 198 valence electrons. The second-order valence-electron chi connectivity index (χ2n) is 12.9. The fraction of sp³-hybridized carbons (Fsp3) is 0.731. The maximum atomic E-state index is 6.95. The normalized spacial score (nSPS) is 27.5. The van der Waals surface area contributed by atoms with Crippen molar-refractivity contribution in [2.75, 3.05) is 13.2 Å². The summed E-state index contributed by atoms with van der Waals surface area (Å²) in [6.45, 7) is 23.7. The van der Waals surface area contributed by atoms with Crippen molar-refractivity contribution in [3.63, 3.8) is 0 Å². The topological polar surface area (TPSA) is 58.2 Å². The zero-order valence-corrected chi connectivity index (χ0v) is 26.0. The van der Waals surface area contributed by atoms with Gasteiger partial charge in [0.15, 0.2) is 22.7 Å². The Morgan fingerprint density at radius 3 is 2.14 bits per heavy atom. The third-order valence-electron chi connectivity index (χ3n) is 8.11. The number of benzene rings is 1. The highest BCUT2D eigenvalue weighted by atomic mass is 32.1. The molecule has 2 fully saturated rings. The molecule has 3 rings (SSSR count). The number of fused-ring (bicyclic) bond motifs is 1. The molecule has 6 nitrogen and oxygen atoms in total. The molecule has 35 heavy (non-hydrogen) atoms. The number of nitrogens with one attached hydrogen (secondary N) is 1. The van der Waals surface area contributed by atoms with Gasteiger partial charge in [-0.05, 0) is 54.0 Å². The van der Waals surface area contributed by atoms with Crippen molar-refractivity contribution in [1.82, 2.24) is 5.32 Å². The van der Waals surface area contributed by atoms with E-state index in [2.05, 4.69) is 73.0 Å². The first-order valence-electron chi connectivity index (χ1n) is 12.6. The van der Waals surface area contributed by atoms with E-state index < -0.39 is 28.5 Å². The number of hydrogen-bond donors (Lipinski definition) is 1. The highest BCUT2D eigenvalue weighted by Gasteiger charge is 2.63. The van der Waals surface area contributed by atoms with Gasteiger partial charge in [0.05, 0.1) is 19.8 Å². The molecule has 0 bridgehead atoms. The van der Waals surface area contributed by atoms with Gasteiger partial charge in [-0.1, -0.05) is 71.9 Å². The number of ether oxygens (including phenoxy) is 3. The molecule has 2 aliphatic heterocycles. The van der Waals surface area contributed by atoms with Crippen LogP contribution in [0.4, 0.5) is 0 Å². The molecule has 0 aromatic heterocycles. The van der Waals surface area contributed by atoms with Gasteiger partial charge in [0.25, 0.3) is 5.17 Å². The monoisotopic (exact) mass is 539 g/mol. The summed E-state index contributed by atoms with van der Waals surface area (Å²) in [6.07, 6.45) is -1.01. The van der Waals surface area contributed by atoms with E-state index in [1.54, 1.807) is 0 Å². The summed E-state index contributed by atoms with van der Waals surface area (Å²) in [6, 6.07) is 10.1. The first-order valence-corrected chi connectivity index (χ1v) is 18.8. The van der Waals surface area contributed by atoms with Crippen molar-refractivity contribution >= 4 is 34.0 Å². The first-order chi connectivity index (χ1) is 16.0. The Labute approximate surface area is 219 Å². The van der Waals surface area contributed by atoms with E-state index in [0.717, 1.165) is 5.56 Å². The van der Waals surface area contributed by atoms with Crippen molar-refractivity contribution in [1.29, 1.82) is 0 Å². The van der Waals surface area contributed by atoms with Gasteiger partial charge in [-0.15, -0.1) is 0 Å². The molecule has 2 saturated heterocycles. The Hall–Kier alpha value is -0.816. The van der Waals surface area contributed by atoms with E-state index in [4.69, 9.17) is 35.3 Å². The minimum Gasteiger partial charge on any atom is -0.460 e. The number of rotatable bonds is 9. The summed E-state index contributed by atoms with van der Waals surface area (Å²) in [5.74, 6) is 0. The standard InChI is InChI=1S/C26H45NO5SSi2/c1-24(2,3)34(7,8)29-17-20-21(32-35(9,10)25(4,5)6)22-26(31-20,27-23(33)30-22)18-28-16-19-14-12-11-13-15-19/h11-15,20-22H,16-18H2,1-10H3,(H,27,33)/t20-,21-,22+,26-/m1/s1. The van der Waals surface area contributed by atoms with E-state index in [1.807, 2.05) is 30.3 Å². The zero-order valence-electron chi connectivity index (χ0n) is 23.2. The summed E-state index contributed by atoms with van der Waals surface area (Å²) >= 11 is 5.43. The van der Waals surface area contributed by atoms with Crippen LogP contribution < -0.4 is 5.32 Å². The summed E-state index contributed by atoms with van der Waals surface area (Å²) in [4.78, 5) is 0. The van der Waals surface area contributed by atoms with Gasteiger partial charge in [-0.3, -0.25) is 0 Å². The average Bonchev–Trinajstić information content (AvgIpc) is 3.17. The fourth-order valence-electron chi connectivity index (χ4n) is 3.78. The molecule has 1 aromatic rings. The molecule has 0 amide bonds. The van der Waals surface area contributed by atoms with Gasteiger partial charge in [0, 0.05) is 0 Å². The maximum Gasteiger partial charge on any atom is 0.259 e. The van der Waals surface area contributed by atoms with Crippen LogP contribution in [-0.4, -0.2) is 59.1 Å². The number of hydrogen-bond acceptors (Lipinski definition) is 6. The third kappa shape index (κ3) is 6.37. The van der Waals surface area contributed by atoms with Crippen LogP contribution in [0.15, 0.2) is 30.3 Å². The SMILES string of the molecule is CC(C)(C)[Si](C)(C)OC[C@H]1O[C@@]2(COCc3ccccc3)NC(=S)O[C@H]2[C@@H]1O[Si](C)(C)C(C)(C)C. The van der Waals surface area contributed by atoms with Crippen LogP contribution in [0.2, 0.25) is 36.3 Å². The van der Waals surface area contributed by atoms with Crippen LogP contribution in [-0.2, 0) is 29.7 Å². The average molecular weight is 540 g/mol. The molecule has 0 radical (unpaired) electrons. The second-order valence-corrected chi connectivity index (χ2v) is 22.8. The van der Waals surface area contributed by atoms with Gasteiger partial charge in [-0.2, -0.15) is 0 Å². The molecular weight excluding hydrogens is 495 g/mol. The van der Waals surface area contributed by atoms with Crippen LogP contribution in [0.25, 0.3) is 0 Å². The number of thiocarbonyl (C=S) groups is 1. The third-order valence-corrected chi connectivity index (χ3v) is 17.3. The minimum absolute atomic E-state index is 0.0411. The van der Waals surface area contributed by atoms with Crippen LogP contribution in [0, 0.1) is 0 Å². The van der Waals surface area contributed by atoms with E-state index in [9.17, 15) is 0 Å². The molecule has 4 atom stereocenters. The Morgan fingerprint density at radius 2 is 1.57 bits per heavy atom. The summed E-state index contributed by atoms with van der Waals surface area (Å²) in [5, 5.41) is 3.75. The maximum absolute atomic E-state index is 6.95. The Morgan fingerprint density at radius 1 is 0.971 bits per heavy atom. The van der Waals surface area contributed by atoms with E-state index in [0.29, 0.717) is 25.0 Å². The van der Waals surface area contributed by atoms with Crippen LogP contribution in [0.5, 0.6) is 0 Å². The van der Waals surface area contributed by atoms with Crippen molar-refractivity contribution in [2.24, 2.45) is 0 Å². The highest BCUT2D eigenvalue weighted by molar-refractivity contribution is 7.80. The van der Waals surface area contributed by atoms with Gasteiger partial charge >= 0.3 is 0 Å². The molecule has 1 aromatic carbocycles. The Balaban J connectivity index is 1.84. The molecule has 0 unspecified atom stereocenters. The van der Waals surface area contributed by atoms with Crippen molar-refractivity contribution in [3.8, 4) is 0 Å². The lowest BCUT2D eigenvalue weighted by Gasteiger charge is -2.41. The van der Waals surface area contributed by atoms with E-state index in [1.165, 1.54) is 0 Å². The molecular formula is C26H45NO5SSi2. The molecule has 2 aliphatic rings. The Bertz CT molecular complexity index is 884. The summed E-state index contributed by atoms with van der Waals surface area (Å²) in [5.41, 5.74) is 0.201. The van der Waals surface area contributed by atoms with Crippen molar-refractivity contribution < 1.29 is 23.1 Å². The second kappa shape index (κ2) is 10.2. The minimum atomic E-state index is -2.14. The molecule has 1 N–H and O–H groups in total. The lowest BCUT2D eigenvalue weighted by Crippen LogP contribution is -2.54. The van der Waals surface area contributed by atoms with Crippen LogP contribution in [0.1, 0.15) is 47.1 Å². The smallest absolute Gasteiger partial charge is 0.259 e. The molecule has 2 heterocycles. The lowest BCUT2D eigenvalue weighted by molar-refractivity contribution is -0.122. The molecule has 9 heteroatoms. The summed E-state index contributed by atoms with van der Waals surface area (Å²) in [7, 11) is -4.12. The predicted octanol–water partition coefficient (Wildman–Crippen LogP) is 5.98. The molecule has 0 aliphatic carbocycles. The van der Waals surface area contributed by atoms with E-state index >= 15 is 0 Å². The quantitative estimate of drug-likeness (QED) is 0.306. The first kappa shape index (κ1) is 28.8. The van der Waals surface area contributed by atoms with Crippen LogP contribution >= 0.6 is 12.2 Å². The largest absolute Gasteiger partial charge is 0.460 e. The van der Waals surface area contributed by atoms with Gasteiger partial charge < -0.3 is 28.4 Å². The predicted molar refractivity (Wildman–Crippen MR) is 150 cm³/mol. The lowest BCUT2D eigenvalue weighted by atomic mass is 10.0. The van der Waals surface area contributed by atoms with Crippen LogP contribution in [0.3, 0.4) is 0 Å². The van der Waals surface area contributed by atoms with Crippen molar-refractivity contribution in [3.05, 3.63) is 35.9 Å². The van der Waals surface area contributed by atoms with E-state index in [-0.39, 0.29) is 22.3 Å². The summed E-state index contributed by atoms with van der Waals surface area (Å²) < 4.78 is 32.6. The highest BCUT2D eigenvalue weighted by Crippen LogP contribution is 2.45. The van der Waals surface area contributed by atoms with Gasteiger partial charge in [-0.25, -0.2) is 0 Å². The molecule has 0 saturated carbocycles. The van der Waals surface area contributed by atoms with Crippen molar-refractivity contribution in [2.45, 2.75) is 108 Å². The fourth-order valence-corrected chi connectivity index (χ4v) is 6.38. The molecule has 0 spiro atoms.